The van der Waals surface area contributed by atoms with Crippen LogP contribution < -0.4 is 78.2 Å². The lowest BCUT2D eigenvalue weighted by atomic mass is 9.43. The maximum absolute atomic E-state index is 2.58. The normalized spacial score (nSPS) is 13.6. The number of benzene rings is 23. The molecule has 10 heteroatoms. The molecule has 0 aliphatic carbocycles. The Bertz CT molecular complexity index is 9090. The van der Waals surface area contributed by atoms with Gasteiger partial charge in [-0.15, -0.1) is 0 Å². The topological polar surface area (TPSA) is 16.2 Å². The molecule has 0 saturated heterocycles. The summed E-state index contributed by atoms with van der Waals surface area (Å²) in [5, 5.41) is 21.3. The molecule has 0 fully saturated rings. The Kier molecular flexibility index (Phi) is 17.6. The van der Waals surface area contributed by atoms with E-state index in [2.05, 4.69) is 521 Å². The summed E-state index contributed by atoms with van der Waals surface area (Å²) in [6.07, 6.45) is 4.58. The maximum atomic E-state index is 2.58. The fourth-order valence-corrected chi connectivity index (χ4v) is 25.0. The van der Waals surface area contributed by atoms with Crippen molar-refractivity contribution in [1.82, 2.24) is 0 Å². The van der Waals surface area contributed by atoms with Crippen LogP contribution in [0, 0.1) is 0 Å². The number of para-hydroxylation sites is 4. The molecule has 23 aromatic carbocycles. The van der Waals surface area contributed by atoms with Crippen LogP contribution in [0.4, 0.5) is 51.2 Å². The van der Waals surface area contributed by atoms with Crippen LogP contribution in [0.2, 0.25) is 0 Å². The second kappa shape index (κ2) is 31.1. The average Bonchev–Trinajstić information content (AvgIpc) is 0.682. The van der Waals surface area contributed by atoms with Gasteiger partial charge in [0.15, 0.2) is 0 Å². The predicted octanol–water partition coefficient (Wildman–Crippen LogP) is 24.9. The van der Waals surface area contributed by atoms with Crippen molar-refractivity contribution in [3.05, 3.63) is 495 Å². The van der Waals surface area contributed by atoms with Crippen molar-refractivity contribution in [3.8, 4) is 66.8 Å². The molecule has 10 heterocycles. The van der Waals surface area contributed by atoms with Crippen molar-refractivity contribution in [3.63, 3.8) is 0 Å². The lowest BCUT2D eigenvalue weighted by Crippen LogP contribution is -2.59. The Hall–Kier alpha value is -17.3. The fraction of sp³-hybridized carbons (Fsp3) is 0. The lowest BCUT2D eigenvalue weighted by Gasteiger charge is -2.43. The summed E-state index contributed by atoms with van der Waals surface area (Å²) in [6, 6.07) is 173. The van der Waals surface area contributed by atoms with Gasteiger partial charge in [-0.05, 0) is 213 Å². The number of nitrogens with zero attached hydrogens (tertiary/aromatic N) is 5. The van der Waals surface area contributed by atoms with Crippen molar-refractivity contribution in [2.45, 2.75) is 0 Å². The first kappa shape index (κ1) is 78.2. The van der Waals surface area contributed by atoms with Crippen LogP contribution in [0.5, 0.6) is 0 Å². The summed E-state index contributed by atoms with van der Waals surface area (Å²) in [4.78, 5) is 12.6. The van der Waals surface area contributed by atoms with Gasteiger partial charge in [-0.2, -0.15) is 0 Å². The van der Waals surface area contributed by atoms with Gasteiger partial charge in [-0.25, -0.2) is 0 Å². The van der Waals surface area contributed by atoms with E-state index in [1.54, 1.807) is 0 Å². The molecule has 634 valence electrons. The molecular formula is C128H82B5N5. The van der Waals surface area contributed by atoms with Gasteiger partial charge in [0.1, 0.15) is 0 Å². The lowest BCUT2D eigenvalue weighted by molar-refractivity contribution is 1.36. The molecule has 0 amide bonds. The maximum Gasteiger partial charge on any atom is 0.329 e. The van der Waals surface area contributed by atoms with Crippen LogP contribution in [-0.2, 0) is 0 Å². The summed E-state index contributed by atoms with van der Waals surface area (Å²) in [5.74, 6) is 4.74. The number of anilines is 9. The van der Waals surface area contributed by atoms with Gasteiger partial charge < -0.3 is 24.1 Å². The molecule has 0 radical (unpaired) electrons. The SMILES string of the molecule is C1=Cc2ccccc2N2B1c1cccc3ccc4cccc2c4c13.C1=c2ccccc2=CN2B1c1cccc3ccc4cccc2c4c13.c1ccc2c(c1)B1c3ccccc3-c3c(ccc4ccccc34)N1c1ccccc1-2.c1ccc2c(c1)B1c3ccccc3-c3cc4ccccc4cc3N1c1ccccc1-2.c1ccc2c(c1)B1c3ccccc3-c3ccc4ccccc4c3N1c1ccccc1-2. The number of rotatable bonds is 0. The average molecular weight is 1740 g/mol. The van der Waals surface area contributed by atoms with Crippen LogP contribution in [0.1, 0.15) is 5.56 Å². The Morgan fingerprint density at radius 3 is 1.12 bits per heavy atom. The molecule has 5 nitrogen and oxygen atoms in total. The molecule has 0 unspecified atom stereocenters. The second-order valence-corrected chi connectivity index (χ2v) is 37.8. The third-order valence-corrected chi connectivity index (χ3v) is 30.8. The molecule has 0 bridgehead atoms. The van der Waals surface area contributed by atoms with E-state index in [-0.39, 0.29) is 34.2 Å². The Balaban J connectivity index is 0.0000000835. The van der Waals surface area contributed by atoms with E-state index in [1.165, 1.54) is 253 Å². The van der Waals surface area contributed by atoms with Crippen molar-refractivity contribution < 1.29 is 0 Å². The van der Waals surface area contributed by atoms with E-state index in [0.717, 1.165) is 0 Å². The molecule has 33 rings (SSSR count). The Labute approximate surface area is 802 Å². The highest BCUT2D eigenvalue weighted by Gasteiger charge is 2.47. The standard InChI is InChI=1S/3C28H18BN.2C22H14BN/c1-2-10-20-19(9-1)17-18-27-28(20)23-13-4-7-15-25(23)29-24-14-6-3-11-21(24)22-12-5-8-16-26(22)30(27)29;1-2-10-20-18-28-24(17-19(20)9-1)22-12-4-7-15-26(22)29-25-14-6-3-11-21(25)23-13-5-8-16-27(23)30(28)29;1-2-10-20-19(9-1)17-18-24-22-12-4-7-15-26(22)29-25-14-6-3-11-21(25)23-13-5-8-16-27(23)30(29)28(20)24;1-2-9-19-15(5-1)13-14-23-18-8-3-6-16-11-12-17-7-4-10-20(24(19)23)22(17)21(16)18;1-2-6-18-14-24-20-10-4-8-16-12-11-15-7-3-9-19(21(15)22(16)20)23(24)13-17(18)5-1/h3*1-18H;2*1-14H. The van der Waals surface area contributed by atoms with Crippen LogP contribution >= 0.6 is 0 Å². The van der Waals surface area contributed by atoms with Gasteiger partial charge in [0.25, 0.3) is 0 Å². The van der Waals surface area contributed by atoms with Gasteiger partial charge in [0.2, 0.25) is 0 Å². The Morgan fingerprint density at radius 2 is 0.543 bits per heavy atom. The van der Waals surface area contributed by atoms with E-state index in [0.29, 0.717) is 0 Å². The highest BCUT2D eigenvalue weighted by molar-refractivity contribution is 6.95. The smallest absolute Gasteiger partial charge is 0.329 e. The van der Waals surface area contributed by atoms with Crippen LogP contribution in [-0.4, -0.2) is 34.2 Å². The molecule has 138 heavy (non-hydrogen) atoms. The summed E-state index contributed by atoms with van der Waals surface area (Å²) in [5.41, 5.74) is 40.0. The quantitative estimate of drug-likeness (QED) is 0.111. The van der Waals surface area contributed by atoms with Gasteiger partial charge in [-0.3, -0.25) is 0 Å². The number of fused-ring (bicyclic) bond motifs is 47. The second-order valence-electron chi connectivity index (χ2n) is 37.8. The summed E-state index contributed by atoms with van der Waals surface area (Å²) >= 11 is 0. The molecule has 0 atom stereocenters. The van der Waals surface area contributed by atoms with E-state index in [1.807, 2.05) is 0 Å². The third-order valence-electron chi connectivity index (χ3n) is 30.8. The van der Waals surface area contributed by atoms with Gasteiger partial charge >= 0.3 is 34.2 Å². The Morgan fingerprint density at radius 1 is 0.181 bits per heavy atom. The molecule has 0 saturated carbocycles. The molecule has 23 aromatic rings. The summed E-state index contributed by atoms with van der Waals surface area (Å²) < 4.78 is 0. The first-order valence-electron chi connectivity index (χ1n) is 48.3. The minimum Gasteiger partial charge on any atom is -0.382 e. The molecule has 0 aromatic heterocycles. The zero-order valence-electron chi connectivity index (χ0n) is 75.5. The van der Waals surface area contributed by atoms with Crippen LogP contribution in [0.3, 0.4) is 0 Å². The summed E-state index contributed by atoms with van der Waals surface area (Å²) in [6.45, 7) is 1.07. The zero-order chi connectivity index (χ0) is 90.3. The largest absolute Gasteiger partial charge is 0.382 e. The number of hydrogen-bond acceptors (Lipinski definition) is 5. The molecule has 0 spiro atoms. The highest BCUT2D eigenvalue weighted by atomic mass is 15.1. The van der Waals surface area contributed by atoms with E-state index in [4.69, 9.17) is 0 Å². The molecule has 10 aliphatic heterocycles. The molecule has 10 aliphatic rings. The molecule has 0 N–H and O–H groups in total. The first-order valence-corrected chi connectivity index (χ1v) is 48.3. The first-order chi connectivity index (χ1) is 68.5. The highest BCUT2D eigenvalue weighted by Crippen LogP contribution is 2.54. The fourth-order valence-electron chi connectivity index (χ4n) is 25.0. The van der Waals surface area contributed by atoms with Crippen molar-refractivity contribution in [2.24, 2.45) is 0 Å². The summed E-state index contributed by atoms with van der Waals surface area (Å²) in [7, 11) is 0. The van der Waals surface area contributed by atoms with Gasteiger partial charge in [0, 0.05) is 101 Å². The van der Waals surface area contributed by atoms with Gasteiger partial charge in [0.05, 0.1) is 0 Å². The van der Waals surface area contributed by atoms with E-state index < -0.39 is 0 Å². The van der Waals surface area contributed by atoms with Gasteiger partial charge in [-0.1, -0.05) is 437 Å². The van der Waals surface area contributed by atoms with Crippen LogP contribution in [0.25, 0.3) is 160 Å². The monoisotopic (exact) mass is 1740 g/mol. The molecular weight excluding hydrogens is 1660 g/mol. The van der Waals surface area contributed by atoms with Crippen molar-refractivity contribution >= 4 is 223 Å². The van der Waals surface area contributed by atoms with Crippen LogP contribution in [0.15, 0.2) is 479 Å². The van der Waals surface area contributed by atoms with E-state index >= 15 is 0 Å². The minimum absolute atomic E-state index is 0.172. The van der Waals surface area contributed by atoms with Crippen molar-refractivity contribution in [1.29, 1.82) is 0 Å². The van der Waals surface area contributed by atoms with Crippen molar-refractivity contribution in [2.75, 3.05) is 24.1 Å². The predicted molar refractivity (Wildman–Crippen MR) is 594 cm³/mol. The third kappa shape index (κ3) is 11.8. The zero-order valence-corrected chi connectivity index (χ0v) is 75.5. The van der Waals surface area contributed by atoms with E-state index in [9.17, 15) is 0 Å². The minimum atomic E-state index is 0.172. The number of hydrogen-bond donors (Lipinski definition) is 0.